The van der Waals surface area contributed by atoms with Gasteiger partial charge in [-0.05, 0) is 43.0 Å². The second-order valence-corrected chi connectivity index (χ2v) is 5.27. The lowest BCUT2D eigenvalue weighted by Gasteiger charge is -2.06. The van der Waals surface area contributed by atoms with E-state index in [0.29, 0.717) is 12.1 Å². The number of aromatic hydroxyl groups is 1. The molecule has 0 unspecified atom stereocenters. The molecule has 2 N–H and O–H groups in total. The number of phenols is 1. The molecule has 0 aliphatic heterocycles. The molecule has 3 nitrogen and oxygen atoms in total. The Labute approximate surface area is 129 Å². The van der Waals surface area contributed by atoms with E-state index < -0.39 is 0 Å². The third-order valence-electron chi connectivity index (χ3n) is 3.23. The molecule has 0 fully saturated rings. The summed E-state index contributed by atoms with van der Waals surface area (Å²) in [6.45, 7) is 0.629. The Balaban J connectivity index is 1.71. The van der Waals surface area contributed by atoms with Crippen molar-refractivity contribution < 1.29 is 9.90 Å². The van der Waals surface area contributed by atoms with Crippen molar-refractivity contribution in [2.24, 2.45) is 0 Å². The third kappa shape index (κ3) is 4.80. The Morgan fingerprint density at radius 2 is 1.86 bits per heavy atom. The maximum atomic E-state index is 11.9. The summed E-state index contributed by atoms with van der Waals surface area (Å²) in [6, 6.07) is 14.7. The highest BCUT2D eigenvalue weighted by Gasteiger charge is 2.07. The fraction of sp³-hybridized carbons (Fsp3) is 0.235. The van der Waals surface area contributed by atoms with Gasteiger partial charge in [0.15, 0.2) is 0 Å². The molecular weight excluding hydrogens is 286 g/mol. The molecule has 1 amide bonds. The van der Waals surface area contributed by atoms with Gasteiger partial charge in [0.05, 0.1) is 5.02 Å². The number of hydrogen-bond acceptors (Lipinski definition) is 2. The van der Waals surface area contributed by atoms with Crippen molar-refractivity contribution in [2.45, 2.75) is 19.3 Å². The van der Waals surface area contributed by atoms with Crippen LogP contribution in [0.1, 0.15) is 28.8 Å². The van der Waals surface area contributed by atoms with Crippen LogP contribution in [-0.4, -0.2) is 17.6 Å². The summed E-state index contributed by atoms with van der Waals surface area (Å²) >= 11 is 5.78. The molecule has 0 radical (unpaired) electrons. The monoisotopic (exact) mass is 303 g/mol. The van der Waals surface area contributed by atoms with Gasteiger partial charge in [-0.1, -0.05) is 41.9 Å². The normalized spacial score (nSPS) is 10.3. The smallest absolute Gasteiger partial charge is 0.251 e. The lowest BCUT2D eigenvalue weighted by atomic mass is 10.1. The summed E-state index contributed by atoms with van der Waals surface area (Å²) in [6.07, 6.45) is 2.97. The lowest BCUT2D eigenvalue weighted by molar-refractivity contribution is 0.0953. The van der Waals surface area contributed by atoms with Gasteiger partial charge in [0.2, 0.25) is 0 Å². The number of aryl methyl sites for hydroxylation is 1. The Morgan fingerprint density at radius 3 is 2.57 bits per heavy atom. The molecule has 2 aromatic carbocycles. The van der Waals surface area contributed by atoms with Gasteiger partial charge in [0, 0.05) is 12.1 Å². The Hall–Kier alpha value is -2.00. The van der Waals surface area contributed by atoms with Gasteiger partial charge in [0.1, 0.15) is 5.75 Å². The molecule has 4 heteroatoms. The number of unbranched alkanes of at least 4 members (excludes halogenated alkanes) is 1. The maximum Gasteiger partial charge on any atom is 0.251 e. The number of hydrogen-bond donors (Lipinski definition) is 2. The van der Waals surface area contributed by atoms with Gasteiger partial charge in [-0.15, -0.1) is 0 Å². The van der Waals surface area contributed by atoms with Crippen LogP contribution in [0.2, 0.25) is 5.02 Å². The van der Waals surface area contributed by atoms with Crippen molar-refractivity contribution >= 4 is 17.5 Å². The first-order chi connectivity index (χ1) is 10.2. The SMILES string of the molecule is O=C(NCCCCc1ccccc1)c1ccc(O)c(Cl)c1. The van der Waals surface area contributed by atoms with E-state index in [1.807, 2.05) is 18.2 Å². The van der Waals surface area contributed by atoms with E-state index in [4.69, 9.17) is 11.6 Å². The molecule has 110 valence electrons. The van der Waals surface area contributed by atoms with Crippen molar-refractivity contribution in [1.29, 1.82) is 0 Å². The van der Waals surface area contributed by atoms with Gasteiger partial charge < -0.3 is 10.4 Å². The van der Waals surface area contributed by atoms with Crippen LogP contribution in [0.15, 0.2) is 48.5 Å². The molecule has 0 saturated heterocycles. The second kappa shape index (κ2) is 7.70. The highest BCUT2D eigenvalue weighted by atomic mass is 35.5. The molecule has 2 aromatic rings. The average Bonchev–Trinajstić information content (AvgIpc) is 2.50. The molecule has 0 heterocycles. The number of nitrogens with one attached hydrogen (secondary N) is 1. The molecule has 0 spiro atoms. The predicted octanol–water partition coefficient (Wildman–Crippen LogP) is 3.80. The van der Waals surface area contributed by atoms with Crippen LogP contribution in [0, 0.1) is 0 Å². The zero-order valence-corrected chi connectivity index (χ0v) is 12.4. The van der Waals surface area contributed by atoms with E-state index >= 15 is 0 Å². The summed E-state index contributed by atoms with van der Waals surface area (Å²) in [5.41, 5.74) is 1.77. The number of amides is 1. The van der Waals surface area contributed by atoms with Crippen LogP contribution < -0.4 is 5.32 Å². The summed E-state index contributed by atoms with van der Waals surface area (Å²) in [5.74, 6) is -0.187. The van der Waals surface area contributed by atoms with Crippen molar-refractivity contribution in [1.82, 2.24) is 5.32 Å². The summed E-state index contributed by atoms with van der Waals surface area (Å²) in [5, 5.41) is 12.4. The largest absolute Gasteiger partial charge is 0.506 e. The first kappa shape index (κ1) is 15.4. The maximum absolute atomic E-state index is 11.9. The van der Waals surface area contributed by atoms with Crippen LogP contribution in [0.3, 0.4) is 0 Å². The van der Waals surface area contributed by atoms with Gasteiger partial charge in [-0.2, -0.15) is 0 Å². The average molecular weight is 304 g/mol. The first-order valence-corrected chi connectivity index (χ1v) is 7.35. The van der Waals surface area contributed by atoms with Gasteiger partial charge in [0.25, 0.3) is 5.91 Å². The standard InChI is InChI=1S/C17H18ClNO2/c18-15-12-14(9-10-16(15)20)17(21)19-11-5-4-8-13-6-2-1-3-7-13/h1-3,6-7,9-10,12,20H,4-5,8,11H2,(H,19,21). The van der Waals surface area contributed by atoms with Crippen LogP contribution in [0.5, 0.6) is 5.75 Å². The Kier molecular flexibility index (Phi) is 5.64. The topological polar surface area (TPSA) is 49.3 Å². The second-order valence-electron chi connectivity index (χ2n) is 4.86. The summed E-state index contributed by atoms with van der Waals surface area (Å²) < 4.78 is 0. The van der Waals surface area contributed by atoms with Crippen LogP contribution in [0.25, 0.3) is 0 Å². The number of benzene rings is 2. The fourth-order valence-corrected chi connectivity index (χ4v) is 2.23. The number of rotatable bonds is 6. The minimum atomic E-state index is -0.170. The molecule has 0 saturated carbocycles. The summed E-state index contributed by atoms with van der Waals surface area (Å²) in [7, 11) is 0. The molecular formula is C17H18ClNO2. The van der Waals surface area contributed by atoms with E-state index in [1.165, 1.54) is 17.7 Å². The van der Waals surface area contributed by atoms with Crippen LogP contribution >= 0.6 is 11.6 Å². The molecule has 0 bridgehead atoms. The molecule has 0 aliphatic rings. The molecule has 0 atom stereocenters. The number of carbonyl (C=O) groups excluding carboxylic acids is 1. The Morgan fingerprint density at radius 1 is 1.10 bits per heavy atom. The van der Waals surface area contributed by atoms with E-state index in [0.717, 1.165) is 19.3 Å². The molecule has 2 rings (SSSR count). The van der Waals surface area contributed by atoms with Crippen molar-refractivity contribution in [2.75, 3.05) is 6.54 Å². The third-order valence-corrected chi connectivity index (χ3v) is 3.53. The zero-order valence-electron chi connectivity index (χ0n) is 11.7. The van der Waals surface area contributed by atoms with Crippen LogP contribution in [0.4, 0.5) is 0 Å². The highest BCUT2D eigenvalue weighted by molar-refractivity contribution is 6.32. The van der Waals surface area contributed by atoms with E-state index in [9.17, 15) is 9.90 Å². The van der Waals surface area contributed by atoms with Gasteiger partial charge in [-0.25, -0.2) is 0 Å². The van der Waals surface area contributed by atoms with Gasteiger partial charge in [-0.3, -0.25) is 4.79 Å². The van der Waals surface area contributed by atoms with E-state index in [1.54, 1.807) is 6.07 Å². The van der Waals surface area contributed by atoms with Crippen molar-refractivity contribution in [3.63, 3.8) is 0 Å². The molecule has 0 aromatic heterocycles. The minimum Gasteiger partial charge on any atom is -0.506 e. The van der Waals surface area contributed by atoms with E-state index in [-0.39, 0.29) is 16.7 Å². The lowest BCUT2D eigenvalue weighted by Crippen LogP contribution is -2.24. The van der Waals surface area contributed by atoms with Crippen molar-refractivity contribution in [3.05, 3.63) is 64.7 Å². The predicted molar refractivity (Wildman–Crippen MR) is 84.8 cm³/mol. The Bertz CT molecular complexity index is 599. The number of phenolic OH excluding ortho intramolecular Hbond substituents is 1. The molecule has 0 aliphatic carbocycles. The van der Waals surface area contributed by atoms with Crippen molar-refractivity contribution in [3.8, 4) is 5.75 Å². The zero-order chi connectivity index (χ0) is 15.1. The van der Waals surface area contributed by atoms with Crippen LogP contribution in [-0.2, 0) is 6.42 Å². The number of halogens is 1. The number of carbonyl (C=O) groups is 1. The molecule has 21 heavy (non-hydrogen) atoms. The quantitative estimate of drug-likeness (QED) is 0.798. The highest BCUT2D eigenvalue weighted by Crippen LogP contribution is 2.23. The summed E-state index contributed by atoms with van der Waals surface area (Å²) in [4.78, 5) is 11.9. The van der Waals surface area contributed by atoms with Gasteiger partial charge >= 0.3 is 0 Å². The van der Waals surface area contributed by atoms with E-state index in [2.05, 4.69) is 17.4 Å². The minimum absolute atomic E-state index is 0.0175. The fourth-order valence-electron chi connectivity index (χ4n) is 2.05. The first-order valence-electron chi connectivity index (χ1n) is 6.97.